The summed E-state index contributed by atoms with van der Waals surface area (Å²) < 4.78 is 0. The molecule has 2 fully saturated rings. The van der Waals surface area contributed by atoms with Crippen molar-refractivity contribution < 1.29 is 0 Å². The second-order valence-corrected chi connectivity index (χ2v) is 4.00. The first kappa shape index (κ1) is 6.38. The number of nitrogens with one attached hydrogen (secondary N) is 1. The fourth-order valence-electron chi connectivity index (χ4n) is 2.10. The smallest absolute Gasteiger partial charge is 0.00167 e. The third-order valence-corrected chi connectivity index (χ3v) is 3.28. The van der Waals surface area contributed by atoms with Gasteiger partial charge in [-0.2, -0.15) is 0 Å². The Hall–Kier alpha value is -0.330. The predicted molar refractivity (Wildman–Crippen MR) is 42.4 cm³/mol. The molecule has 0 aromatic carbocycles. The molecule has 0 unspecified atom stereocenters. The lowest BCUT2D eigenvalue weighted by Crippen LogP contribution is -2.15. The third-order valence-electron chi connectivity index (χ3n) is 3.28. The fraction of sp³-hybridized carbons (Fsp3) is 0.889. The minimum Gasteiger partial charge on any atom is -0.313 e. The van der Waals surface area contributed by atoms with Gasteiger partial charge >= 0.3 is 0 Å². The normalized spacial score (nSPS) is 30.4. The van der Waals surface area contributed by atoms with Crippen molar-refractivity contribution in [2.24, 2.45) is 11.3 Å². The van der Waals surface area contributed by atoms with Gasteiger partial charge in [-0.05, 0) is 56.1 Å². The van der Waals surface area contributed by atoms with E-state index in [4.69, 9.17) is 5.41 Å². The van der Waals surface area contributed by atoms with Gasteiger partial charge in [-0.15, -0.1) is 0 Å². The largest absolute Gasteiger partial charge is 0.313 e. The van der Waals surface area contributed by atoms with Crippen LogP contribution in [0.25, 0.3) is 0 Å². The summed E-state index contributed by atoms with van der Waals surface area (Å²) in [6, 6.07) is 0. The van der Waals surface area contributed by atoms with Crippen molar-refractivity contribution in [3.05, 3.63) is 0 Å². The van der Waals surface area contributed by atoms with Crippen LogP contribution in [0.5, 0.6) is 0 Å². The Morgan fingerprint density at radius 3 is 2.10 bits per heavy atom. The molecule has 0 saturated heterocycles. The zero-order valence-corrected chi connectivity index (χ0v) is 6.40. The molecule has 0 aromatic heterocycles. The molecular weight excluding hydrogens is 122 g/mol. The SMILES string of the molecule is N=CC1CCC2(CC1)CC2. The van der Waals surface area contributed by atoms with Crippen LogP contribution in [0.1, 0.15) is 38.5 Å². The van der Waals surface area contributed by atoms with E-state index in [1.807, 2.05) is 0 Å². The first-order chi connectivity index (χ1) is 4.85. The van der Waals surface area contributed by atoms with Crippen molar-refractivity contribution in [3.8, 4) is 0 Å². The van der Waals surface area contributed by atoms with E-state index in [-0.39, 0.29) is 0 Å². The maximum absolute atomic E-state index is 7.12. The predicted octanol–water partition coefficient (Wildman–Crippen LogP) is 2.61. The topological polar surface area (TPSA) is 23.9 Å². The lowest BCUT2D eigenvalue weighted by molar-refractivity contribution is 0.304. The van der Waals surface area contributed by atoms with Crippen molar-refractivity contribution in [2.75, 3.05) is 0 Å². The highest BCUT2D eigenvalue weighted by molar-refractivity contribution is 5.56. The Bertz CT molecular complexity index is 137. The average Bonchev–Trinajstić information content (AvgIpc) is 2.72. The first-order valence-corrected chi connectivity index (χ1v) is 4.35. The molecule has 1 N–H and O–H groups in total. The van der Waals surface area contributed by atoms with E-state index < -0.39 is 0 Å². The summed E-state index contributed by atoms with van der Waals surface area (Å²) >= 11 is 0. The molecule has 0 atom stereocenters. The molecule has 56 valence electrons. The van der Waals surface area contributed by atoms with Crippen LogP contribution >= 0.6 is 0 Å². The third kappa shape index (κ3) is 0.979. The molecule has 0 amide bonds. The van der Waals surface area contributed by atoms with Crippen LogP contribution in [0.2, 0.25) is 0 Å². The number of hydrogen-bond donors (Lipinski definition) is 1. The van der Waals surface area contributed by atoms with Gasteiger partial charge in [0, 0.05) is 0 Å². The molecule has 0 aliphatic heterocycles. The lowest BCUT2D eigenvalue weighted by Gasteiger charge is -2.25. The van der Waals surface area contributed by atoms with Gasteiger partial charge in [0.2, 0.25) is 0 Å². The summed E-state index contributed by atoms with van der Waals surface area (Å²) in [5.41, 5.74) is 0.805. The lowest BCUT2D eigenvalue weighted by atomic mass is 9.80. The van der Waals surface area contributed by atoms with Crippen molar-refractivity contribution >= 4 is 6.21 Å². The van der Waals surface area contributed by atoms with Gasteiger partial charge in [0.25, 0.3) is 0 Å². The van der Waals surface area contributed by atoms with Gasteiger partial charge in [0.15, 0.2) is 0 Å². The van der Waals surface area contributed by atoms with Crippen LogP contribution < -0.4 is 0 Å². The highest BCUT2D eigenvalue weighted by Gasteiger charge is 2.44. The van der Waals surface area contributed by atoms with Gasteiger partial charge in [-0.1, -0.05) is 0 Å². The second-order valence-electron chi connectivity index (χ2n) is 4.00. The summed E-state index contributed by atoms with van der Waals surface area (Å²) in [6.07, 6.45) is 10.0. The summed E-state index contributed by atoms with van der Waals surface area (Å²) in [7, 11) is 0. The summed E-state index contributed by atoms with van der Waals surface area (Å²) in [5, 5.41) is 7.12. The fourth-order valence-corrected chi connectivity index (χ4v) is 2.10. The van der Waals surface area contributed by atoms with Crippen LogP contribution in [-0.4, -0.2) is 6.21 Å². The molecule has 2 saturated carbocycles. The molecule has 0 heterocycles. The van der Waals surface area contributed by atoms with Gasteiger partial charge in [0.1, 0.15) is 0 Å². The Kier molecular flexibility index (Phi) is 1.33. The molecule has 0 bridgehead atoms. The van der Waals surface area contributed by atoms with E-state index in [1.165, 1.54) is 38.5 Å². The molecule has 0 aromatic rings. The molecule has 10 heavy (non-hydrogen) atoms. The van der Waals surface area contributed by atoms with Crippen LogP contribution in [0.15, 0.2) is 0 Å². The average molecular weight is 137 g/mol. The van der Waals surface area contributed by atoms with Crippen molar-refractivity contribution in [2.45, 2.75) is 38.5 Å². The molecular formula is C9H15N. The Morgan fingerprint density at radius 1 is 1.10 bits per heavy atom. The minimum absolute atomic E-state index is 0.631. The second kappa shape index (κ2) is 2.08. The molecule has 2 rings (SSSR count). The molecule has 1 nitrogen and oxygen atoms in total. The zero-order chi connectivity index (χ0) is 7.03. The van der Waals surface area contributed by atoms with Gasteiger partial charge in [0.05, 0.1) is 0 Å². The summed E-state index contributed by atoms with van der Waals surface area (Å²) in [4.78, 5) is 0. The quantitative estimate of drug-likeness (QED) is 0.537. The van der Waals surface area contributed by atoms with Crippen LogP contribution in [-0.2, 0) is 0 Å². The first-order valence-electron chi connectivity index (χ1n) is 4.35. The standard InChI is InChI=1S/C9H15N/c10-7-8-1-3-9(4-2-8)5-6-9/h7-8,10H,1-6H2. The van der Waals surface area contributed by atoms with Crippen LogP contribution in [0, 0.1) is 16.7 Å². The Morgan fingerprint density at radius 2 is 1.70 bits per heavy atom. The molecule has 1 heteroatoms. The van der Waals surface area contributed by atoms with E-state index in [2.05, 4.69) is 0 Å². The summed E-state index contributed by atoms with van der Waals surface area (Å²) in [6.45, 7) is 0. The summed E-state index contributed by atoms with van der Waals surface area (Å²) in [5.74, 6) is 0.631. The molecule has 1 spiro atoms. The molecule has 2 aliphatic rings. The van der Waals surface area contributed by atoms with Gasteiger partial charge in [-0.25, -0.2) is 0 Å². The van der Waals surface area contributed by atoms with E-state index in [1.54, 1.807) is 6.21 Å². The Labute approximate surface area is 62.3 Å². The zero-order valence-electron chi connectivity index (χ0n) is 6.40. The van der Waals surface area contributed by atoms with Crippen LogP contribution in [0.4, 0.5) is 0 Å². The highest BCUT2D eigenvalue weighted by atomic mass is 14.5. The van der Waals surface area contributed by atoms with Gasteiger partial charge in [-0.3, -0.25) is 0 Å². The minimum atomic E-state index is 0.631. The highest BCUT2D eigenvalue weighted by Crippen LogP contribution is 2.56. The number of hydrogen-bond acceptors (Lipinski definition) is 1. The maximum atomic E-state index is 7.12. The maximum Gasteiger partial charge on any atom is -0.00167 e. The van der Waals surface area contributed by atoms with Crippen molar-refractivity contribution in [3.63, 3.8) is 0 Å². The van der Waals surface area contributed by atoms with E-state index in [0.29, 0.717) is 5.92 Å². The monoisotopic (exact) mass is 137 g/mol. The van der Waals surface area contributed by atoms with Crippen molar-refractivity contribution in [1.82, 2.24) is 0 Å². The van der Waals surface area contributed by atoms with E-state index >= 15 is 0 Å². The van der Waals surface area contributed by atoms with Crippen LogP contribution in [0.3, 0.4) is 0 Å². The molecule has 0 radical (unpaired) electrons. The van der Waals surface area contributed by atoms with Crippen molar-refractivity contribution in [1.29, 1.82) is 5.41 Å². The van der Waals surface area contributed by atoms with Gasteiger partial charge < -0.3 is 5.41 Å². The molecule has 2 aliphatic carbocycles. The van der Waals surface area contributed by atoms with E-state index in [9.17, 15) is 0 Å². The number of rotatable bonds is 1. The van der Waals surface area contributed by atoms with E-state index in [0.717, 1.165) is 5.41 Å². The Balaban J connectivity index is 1.89.